The van der Waals surface area contributed by atoms with Gasteiger partial charge in [0, 0.05) is 23.8 Å². The van der Waals surface area contributed by atoms with Crippen LogP contribution in [-0.4, -0.2) is 23.6 Å². The van der Waals surface area contributed by atoms with Crippen molar-refractivity contribution in [3.05, 3.63) is 69.1 Å². The van der Waals surface area contributed by atoms with Crippen LogP contribution in [0.4, 0.5) is 0 Å². The first kappa shape index (κ1) is 16.3. The van der Waals surface area contributed by atoms with Gasteiger partial charge in [0.25, 0.3) is 11.5 Å². The van der Waals surface area contributed by atoms with Crippen LogP contribution in [0.25, 0.3) is 0 Å². The number of carbonyl (C=O) groups is 1. The molecule has 0 aliphatic carbocycles. The second-order valence-corrected chi connectivity index (χ2v) is 5.28. The molecule has 0 fully saturated rings. The highest BCUT2D eigenvalue weighted by Gasteiger charge is 2.08. The largest absolute Gasteiger partial charge is 0.352 e. The number of aromatic nitrogens is 1. The van der Waals surface area contributed by atoms with Crippen LogP contribution in [0, 0.1) is 0 Å². The van der Waals surface area contributed by atoms with E-state index >= 15 is 0 Å². The van der Waals surface area contributed by atoms with Gasteiger partial charge < -0.3 is 15.6 Å². The summed E-state index contributed by atoms with van der Waals surface area (Å²) in [5, 5.41) is 3.35. The van der Waals surface area contributed by atoms with Gasteiger partial charge in [-0.25, -0.2) is 0 Å². The molecule has 5 nitrogen and oxygen atoms in total. The fourth-order valence-electron chi connectivity index (χ4n) is 2.01. The molecule has 22 heavy (non-hydrogen) atoms. The molecule has 0 radical (unpaired) electrons. The topological polar surface area (TPSA) is 77.1 Å². The van der Waals surface area contributed by atoms with Gasteiger partial charge in [-0.05, 0) is 30.7 Å². The van der Waals surface area contributed by atoms with Crippen molar-refractivity contribution in [2.45, 2.75) is 13.0 Å². The predicted octanol–water partition coefficient (Wildman–Crippen LogP) is 1.63. The normalized spacial score (nSPS) is 10.5. The third kappa shape index (κ3) is 4.19. The van der Waals surface area contributed by atoms with Gasteiger partial charge in [0.15, 0.2) is 0 Å². The van der Waals surface area contributed by atoms with Gasteiger partial charge in [-0.1, -0.05) is 29.8 Å². The maximum absolute atomic E-state index is 12.0. The van der Waals surface area contributed by atoms with Crippen LogP contribution in [-0.2, 0) is 6.54 Å². The fourth-order valence-corrected chi connectivity index (χ4v) is 2.20. The third-order valence-corrected chi connectivity index (χ3v) is 3.58. The molecule has 0 aliphatic heterocycles. The molecule has 1 amide bonds. The summed E-state index contributed by atoms with van der Waals surface area (Å²) in [6, 6.07) is 10.2. The van der Waals surface area contributed by atoms with Crippen molar-refractivity contribution in [1.29, 1.82) is 0 Å². The Labute approximate surface area is 133 Å². The number of rotatable bonds is 6. The van der Waals surface area contributed by atoms with Crippen molar-refractivity contribution in [2.24, 2.45) is 5.73 Å². The highest BCUT2D eigenvalue weighted by molar-refractivity contribution is 6.31. The molecule has 6 heteroatoms. The molecule has 0 spiro atoms. The molecule has 0 atom stereocenters. The Bertz CT molecular complexity index is 713. The summed E-state index contributed by atoms with van der Waals surface area (Å²) in [4.78, 5) is 24.0. The zero-order valence-corrected chi connectivity index (χ0v) is 12.8. The fraction of sp³-hybridized carbons (Fsp3) is 0.250. The molecule has 0 unspecified atom stereocenters. The summed E-state index contributed by atoms with van der Waals surface area (Å²) in [6.45, 7) is 1.35. The minimum atomic E-state index is -0.221. The Morgan fingerprint density at radius 3 is 2.73 bits per heavy atom. The average Bonchev–Trinajstić information content (AvgIpc) is 2.51. The standard InChI is InChI=1S/C16H18ClN3O2/c17-14-5-2-1-4-12(14)10-20-11-13(6-7-15(20)21)16(22)19-9-3-8-18/h1-2,4-7,11H,3,8-10,18H2,(H,19,22). The quantitative estimate of drug-likeness (QED) is 0.794. The third-order valence-electron chi connectivity index (χ3n) is 3.21. The number of nitrogens with two attached hydrogens (primary N) is 1. The molecule has 1 heterocycles. The molecule has 0 aliphatic rings. The smallest absolute Gasteiger partial charge is 0.252 e. The van der Waals surface area contributed by atoms with E-state index in [0.29, 0.717) is 36.6 Å². The first-order valence-electron chi connectivity index (χ1n) is 7.04. The van der Waals surface area contributed by atoms with Gasteiger partial charge in [0.1, 0.15) is 0 Å². The van der Waals surface area contributed by atoms with Crippen molar-refractivity contribution in [3.63, 3.8) is 0 Å². The zero-order valence-electron chi connectivity index (χ0n) is 12.1. The lowest BCUT2D eigenvalue weighted by Gasteiger charge is -2.10. The van der Waals surface area contributed by atoms with Crippen LogP contribution < -0.4 is 16.6 Å². The van der Waals surface area contributed by atoms with Gasteiger partial charge in [-0.2, -0.15) is 0 Å². The second kappa shape index (κ2) is 7.77. The molecule has 116 valence electrons. The number of nitrogens with zero attached hydrogens (tertiary/aromatic N) is 1. The second-order valence-electron chi connectivity index (χ2n) is 4.87. The number of nitrogens with one attached hydrogen (secondary N) is 1. The highest BCUT2D eigenvalue weighted by Crippen LogP contribution is 2.15. The van der Waals surface area contributed by atoms with E-state index in [-0.39, 0.29) is 11.5 Å². The molecule has 1 aromatic carbocycles. The molecular weight excluding hydrogens is 302 g/mol. The van der Waals surface area contributed by atoms with Crippen LogP contribution in [0.5, 0.6) is 0 Å². The van der Waals surface area contributed by atoms with Crippen LogP contribution in [0.15, 0.2) is 47.4 Å². The summed E-state index contributed by atoms with van der Waals surface area (Å²) >= 11 is 6.11. The van der Waals surface area contributed by atoms with Crippen molar-refractivity contribution in [1.82, 2.24) is 9.88 Å². The van der Waals surface area contributed by atoms with E-state index in [4.69, 9.17) is 17.3 Å². The monoisotopic (exact) mass is 319 g/mol. The summed E-state index contributed by atoms with van der Waals surface area (Å²) < 4.78 is 1.47. The number of pyridine rings is 1. The van der Waals surface area contributed by atoms with Gasteiger partial charge >= 0.3 is 0 Å². The van der Waals surface area contributed by atoms with E-state index in [1.807, 2.05) is 18.2 Å². The SMILES string of the molecule is NCCCNC(=O)c1ccc(=O)n(Cc2ccccc2Cl)c1. The van der Waals surface area contributed by atoms with Crippen LogP contribution in [0.2, 0.25) is 5.02 Å². The number of carbonyl (C=O) groups excluding carboxylic acids is 1. The molecule has 0 saturated heterocycles. The number of halogens is 1. The number of hydrogen-bond donors (Lipinski definition) is 2. The Morgan fingerprint density at radius 1 is 1.23 bits per heavy atom. The van der Waals surface area contributed by atoms with Crippen LogP contribution >= 0.6 is 11.6 Å². The van der Waals surface area contributed by atoms with E-state index < -0.39 is 0 Å². The molecule has 1 aromatic heterocycles. The van der Waals surface area contributed by atoms with E-state index in [2.05, 4.69) is 5.32 Å². The summed E-state index contributed by atoms with van der Waals surface area (Å²) in [6.07, 6.45) is 2.26. The first-order valence-corrected chi connectivity index (χ1v) is 7.42. The number of hydrogen-bond acceptors (Lipinski definition) is 3. The minimum Gasteiger partial charge on any atom is -0.352 e. The maximum Gasteiger partial charge on any atom is 0.252 e. The minimum absolute atomic E-state index is 0.182. The van der Waals surface area contributed by atoms with Crippen LogP contribution in [0.3, 0.4) is 0 Å². The lowest BCUT2D eigenvalue weighted by Crippen LogP contribution is -2.28. The molecule has 2 aromatic rings. The Morgan fingerprint density at radius 2 is 2.00 bits per heavy atom. The highest BCUT2D eigenvalue weighted by atomic mass is 35.5. The Hall–Kier alpha value is -2.11. The average molecular weight is 320 g/mol. The van der Waals surface area contributed by atoms with Crippen molar-refractivity contribution in [3.8, 4) is 0 Å². The van der Waals surface area contributed by atoms with E-state index in [9.17, 15) is 9.59 Å². The lowest BCUT2D eigenvalue weighted by atomic mass is 10.2. The zero-order chi connectivity index (χ0) is 15.9. The summed E-state index contributed by atoms with van der Waals surface area (Å²) in [7, 11) is 0. The number of amides is 1. The first-order chi connectivity index (χ1) is 10.6. The van der Waals surface area contributed by atoms with E-state index in [1.54, 1.807) is 12.3 Å². The molecular formula is C16H18ClN3O2. The number of benzene rings is 1. The van der Waals surface area contributed by atoms with Gasteiger partial charge in [-0.3, -0.25) is 9.59 Å². The maximum atomic E-state index is 12.0. The molecule has 3 N–H and O–H groups in total. The Kier molecular flexibility index (Phi) is 5.75. The Balaban J connectivity index is 2.18. The van der Waals surface area contributed by atoms with Crippen LogP contribution in [0.1, 0.15) is 22.3 Å². The molecule has 0 saturated carbocycles. The summed E-state index contributed by atoms with van der Waals surface area (Å²) in [5.41, 5.74) is 6.47. The van der Waals surface area contributed by atoms with E-state index in [1.165, 1.54) is 16.7 Å². The molecule has 2 rings (SSSR count). The predicted molar refractivity (Wildman–Crippen MR) is 87.3 cm³/mol. The van der Waals surface area contributed by atoms with Crippen molar-refractivity contribution in [2.75, 3.05) is 13.1 Å². The summed E-state index contributed by atoms with van der Waals surface area (Å²) in [5.74, 6) is -0.221. The van der Waals surface area contributed by atoms with Crippen molar-refractivity contribution < 1.29 is 4.79 Å². The van der Waals surface area contributed by atoms with E-state index in [0.717, 1.165) is 5.56 Å². The van der Waals surface area contributed by atoms with Gasteiger partial charge in [0.05, 0.1) is 12.1 Å². The van der Waals surface area contributed by atoms with Gasteiger partial charge in [0.2, 0.25) is 0 Å². The van der Waals surface area contributed by atoms with Gasteiger partial charge in [-0.15, -0.1) is 0 Å². The molecule has 0 bridgehead atoms. The lowest BCUT2D eigenvalue weighted by molar-refractivity contribution is 0.0952. The van der Waals surface area contributed by atoms with Crippen molar-refractivity contribution >= 4 is 17.5 Å².